The molecule has 9 heavy (non-hydrogen) atoms. The minimum Gasteiger partial charge on any atom is -0.481 e. The van der Waals surface area contributed by atoms with Gasteiger partial charge in [-0.05, 0) is 12.8 Å². The van der Waals surface area contributed by atoms with Crippen LogP contribution in [-0.2, 0) is 9.59 Å². The molecular weight excluding hydrogens is 120 g/mol. The zero-order chi connectivity index (χ0) is 6.85. The van der Waals surface area contributed by atoms with Crippen molar-refractivity contribution >= 4 is 12.3 Å². The summed E-state index contributed by atoms with van der Waals surface area (Å²) < 4.78 is 0. The number of hydrogen-bond acceptors (Lipinski definition) is 2. The second kappa shape index (κ2) is 2.17. The first-order chi connectivity index (χ1) is 4.24. The Morgan fingerprint density at radius 3 is 2.44 bits per heavy atom. The molecule has 1 aliphatic rings. The Kier molecular flexibility index (Phi) is 1.51. The summed E-state index contributed by atoms with van der Waals surface area (Å²) in [7, 11) is 0. The van der Waals surface area contributed by atoms with Crippen molar-refractivity contribution in [1.29, 1.82) is 0 Å². The summed E-state index contributed by atoms with van der Waals surface area (Å²) in [6.07, 6.45) is 1.91. The molecule has 0 saturated heterocycles. The molecule has 1 rings (SSSR count). The van der Waals surface area contributed by atoms with Gasteiger partial charge in [0.15, 0.2) is 0 Å². The fourth-order valence-electron chi connectivity index (χ4n) is 0.975. The molecule has 0 aromatic rings. The van der Waals surface area contributed by atoms with Crippen molar-refractivity contribution in [1.82, 2.24) is 0 Å². The zero-order valence-electron chi connectivity index (χ0n) is 4.91. The smallest absolute Gasteiger partial charge is 0.306 e. The summed E-state index contributed by atoms with van der Waals surface area (Å²) >= 11 is 0. The molecule has 0 atom stereocenters. The third-order valence-electron chi connectivity index (χ3n) is 1.72. The fourth-order valence-corrected chi connectivity index (χ4v) is 0.975. The maximum atomic E-state index is 10.1. The SMILES string of the molecule is O=CC1CC(C(=O)O)C1. The molecule has 0 radical (unpaired) electrons. The molecule has 0 aliphatic heterocycles. The number of carbonyl (C=O) groups excluding carboxylic acids is 1. The predicted molar refractivity (Wildman–Crippen MR) is 29.9 cm³/mol. The summed E-state index contributed by atoms with van der Waals surface area (Å²) in [5.74, 6) is -1.00. The molecule has 0 unspecified atom stereocenters. The van der Waals surface area contributed by atoms with E-state index in [9.17, 15) is 9.59 Å². The van der Waals surface area contributed by atoms with E-state index < -0.39 is 5.97 Å². The number of rotatable bonds is 2. The van der Waals surface area contributed by atoms with Crippen molar-refractivity contribution in [3.63, 3.8) is 0 Å². The van der Waals surface area contributed by atoms with E-state index in [0.717, 1.165) is 6.29 Å². The highest BCUT2D eigenvalue weighted by Gasteiger charge is 2.33. The lowest BCUT2D eigenvalue weighted by Gasteiger charge is -2.27. The Balaban J connectivity index is 2.26. The first-order valence-corrected chi connectivity index (χ1v) is 2.92. The van der Waals surface area contributed by atoms with Crippen LogP contribution >= 0.6 is 0 Å². The van der Waals surface area contributed by atoms with E-state index in [1.54, 1.807) is 0 Å². The normalized spacial score (nSPS) is 32.9. The van der Waals surface area contributed by atoms with E-state index in [0.29, 0.717) is 12.8 Å². The van der Waals surface area contributed by atoms with Crippen molar-refractivity contribution < 1.29 is 14.7 Å². The maximum absolute atomic E-state index is 10.1. The molecule has 0 amide bonds. The third kappa shape index (κ3) is 1.09. The highest BCUT2D eigenvalue weighted by molar-refractivity contribution is 5.73. The molecule has 0 aromatic carbocycles. The summed E-state index contributed by atoms with van der Waals surface area (Å²) in [4.78, 5) is 20.1. The molecule has 1 saturated carbocycles. The molecule has 1 fully saturated rings. The number of carbonyl (C=O) groups is 2. The van der Waals surface area contributed by atoms with Crippen LogP contribution in [0, 0.1) is 11.8 Å². The van der Waals surface area contributed by atoms with Crippen LogP contribution in [-0.4, -0.2) is 17.4 Å². The van der Waals surface area contributed by atoms with Crippen molar-refractivity contribution in [3.8, 4) is 0 Å². The highest BCUT2D eigenvalue weighted by Crippen LogP contribution is 2.31. The number of hydrogen-bond donors (Lipinski definition) is 1. The fraction of sp³-hybridized carbons (Fsp3) is 0.667. The van der Waals surface area contributed by atoms with Gasteiger partial charge in [-0.15, -0.1) is 0 Å². The van der Waals surface area contributed by atoms with Gasteiger partial charge in [-0.3, -0.25) is 4.79 Å². The van der Waals surface area contributed by atoms with Crippen molar-refractivity contribution in [2.45, 2.75) is 12.8 Å². The van der Waals surface area contributed by atoms with Gasteiger partial charge in [-0.25, -0.2) is 0 Å². The molecule has 3 heteroatoms. The molecule has 0 bridgehead atoms. The lowest BCUT2D eigenvalue weighted by atomic mass is 9.76. The summed E-state index contributed by atoms with van der Waals surface area (Å²) in [6, 6.07) is 0. The van der Waals surface area contributed by atoms with Gasteiger partial charge in [0.25, 0.3) is 0 Å². The van der Waals surface area contributed by atoms with Gasteiger partial charge < -0.3 is 9.90 Å². The predicted octanol–water partition coefficient (Wildman–Crippen LogP) is 0.296. The van der Waals surface area contributed by atoms with E-state index in [1.165, 1.54) is 0 Å². The van der Waals surface area contributed by atoms with Gasteiger partial charge in [-0.1, -0.05) is 0 Å². The van der Waals surface area contributed by atoms with Crippen LogP contribution in [0.25, 0.3) is 0 Å². The van der Waals surface area contributed by atoms with Gasteiger partial charge in [0.1, 0.15) is 6.29 Å². The first-order valence-electron chi connectivity index (χ1n) is 2.92. The average molecular weight is 128 g/mol. The van der Waals surface area contributed by atoms with Gasteiger partial charge in [0.05, 0.1) is 5.92 Å². The monoisotopic (exact) mass is 128 g/mol. The summed E-state index contributed by atoms with van der Waals surface area (Å²) in [5.41, 5.74) is 0. The van der Waals surface area contributed by atoms with Crippen molar-refractivity contribution in [2.75, 3.05) is 0 Å². The lowest BCUT2D eigenvalue weighted by molar-refractivity contribution is -0.146. The molecule has 0 heterocycles. The number of carboxylic acids is 1. The van der Waals surface area contributed by atoms with Gasteiger partial charge in [0.2, 0.25) is 0 Å². The van der Waals surface area contributed by atoms with E-state index in [2.05, 4.69) is 0 Å². The topological polar surface area (TPSA) is 54.4 Å². The average Bonchev–Trinajstić information content (AvgIpc) is 1.61. The molecular formula is C6H8O3. The van der Waals surface area contributed by atoms with Crippen LogP contribution in [0.2, 0.25) is 0 Å². The second-order valence-corrected chi connectivity index (χ2v) is 2.40. The molecule has 3 nitrogen and oxygen atoms in total. The van der Waals surface area contributed by atoms with E-state index >= 15 is 0 Å². The van der Waals surface area contributed by atoms with Crippen molar-refractivity contribution in [3.05, 3.63) is 0 Å². The highest BCUT2D eigenvalue weighted by atomic mass is 16.4. The van der Waals surface area contributed by atoms with E-state index in [1.807, 2.05) is 0 Å². The van der Waals surface area contributed by atoms with Crippen LogP contribution in [0.5, 0.6) is 0 Å². The molecule has 0 spiro atoms. The Morgan fingerprint density at radius 2 is 2.11 bits per heavy atom. The molecule has 1 N–H and O–H groups in total. The van der Waals surface area contributed by atoms with E-state index in [-0.39, 0.29) is 11.8 Å². The molecule has 1 aliphatic carbocycles. The van der Waals surface area contributed by atoms with Crippen LogP contribution in [0.1, 0.15) is 12.8 Å². The Bertz CT molecular complexity index is 135. The quantitative estimate of drug-likeness (QED) is 0.544. The van der Waals surface area contributed by atoms with Crippen LogP contribution < -0.4 is 0 Å². The summed E-state index contributed by atoms with van der Waals surface area (Å²) in [5, 5.41) is 8.33. The Morgan fingerprint density at radius 1 is 1.56 bits per heavy atom. The van der Waals surface area contributed by atoms with Crippen LogP contribution in [0.3, 0.4) is 0 Å². The Labute approximate surface area is 52.7 Å². The first kappa shape index (κ1) is 6.26. The Hall–Kier alpha value is -0.860. The minimum atomic E-state index is -0.770. The second-order valence-electron chi connectivity index (χ2n) is 2.40. The molecule has 50 valence electrons. The standard InChI is InChI=1S/C6H8O3/c7-3-4-1-5(2-4)6(8)9/h3-5H,1-2H2,(H,8,9). The largest absolute Gasteiger partial charge is 0.481 e. The van der Waals surface area contributed by atoms with Gasteiger partial charge >= 0.3 is 5.97 Å². The van der Waals surface area contributed by atoms with Crippen LogP contribution in [0.4, 0.5) is 0 Å². The zero-order valence-corrected chi connectivity index (χ0v) is 4.91. The summed E-state index contributed by atoms with van der Waals surface area (Å²) in [6.45, 7) is 0. The molecule has 0 aromatic heterocycles. The lowest BCUT2D eigenvalue weighted by Crippen LogP contribution is -2.30. The van der Waals surface area contributed by atoms with Gasteiger partial charge in [-0.2, -0.15) is 0 Å². The third-order valence-corrected chi connectivity index (χ3v) is 1.72. The van der Waals surface area contributed by atoms with Crippen LogP contribution in [0.15, 0.2) is 0 Å². The maximum Gasteiger partial charge on any atom is 0.306 e. The van der Waals surface area contributed by atoms with Gasteiger partial charge in [0, 0.05) is 5.92 Å². The number of aliphatic carboxylic acids is 1. The van der Waals surface area contributed by atoms with E-state index in [4.69, 9.17) is 5.11 Å². The number of aldehydes is 1. The van der Waals surface area contributed by atoms with Crippen molar-refractivity contribution in [2.24, 2.45) is 11.8 Å². The minimum absolute atomic E-state index is 0.0195. The number of carboxylic acid groups (broad SMARTS) is 1.